The summed E-state index contributed by atoms with van der Waals surface area (Å²) in [4.78, 5) is 0. The first-order valence-electron chi connectivity index (χ1n) is 5.42. The number of rotatable bonds is 6. The number of benzene rings is 1. The molecule has 0 aliphatic heterocycles. The predicted octanol–water partition coefficient (Wildman–Crippen LogP) is 2.11. The van der Waals surface area contributed by atoms with Gasteiger partial charge in [0.1, 0.15) is 5.75 Å². The maximum Gasteiger partial charge on any atom is 0.122 e. The average molecular weight is 224 g/mol. The number of ether oxygens (including phenoxy) is 2. The minimum absolute atomic E-state index is 0.261. The van der Waals surface area contributed by atoms with Crippen LogP contribution in [0.5, 0.6) is 5.75 Å². The molecule has 4 nitrogen and oxygen atoms in total. The van der Waals surface area contributed by atoms with Crippen molar-refractivity contribution in [1.82, 2.24) is 0 Å². The van der Waals surface area contributed by atoms with E-state index in [4.69, 9.17) is 15.2 Å². The van der Waals surface area contributed by atoms with E-state index >= 15 is 0 Å². The topological polar surface area (TPSA) is 56.5 Å². The number of nitrogens with one attached hydrogen (secondary N) is 1. The molecule has 3 N–H and O–H groups in total. The van der Waals surface area contributed by atoms with Crippen LogP contribution in [0.1, 0.15) is 13.8 Å². The number of anilines is 2. The Morgan fingerprint density at radius 2 is 2.06 bits per heavy atom. The van der Waals surface area contributed by atoms with E-state index in [1.165, 1.54) is 0 Å². The van der Waals surface area contributed by atoms with Gasteiger partial charge in [-0.1, -0.05) is 0 Å². The first-order valence-corrected chi connectivity index (χ1v) is 5.42. The molecular formula is C12H20N2O2. The standard InChI is InChI=1S/C12H20N2O2/c1-9(2)16-5-4-14-11-6-10(13)7-12(8-11)15-3/h6-9,14H,4-5,13H2,1-3H3. The lowest BCUT2D eigenvalue weighted by atomic mass is 10.2. The Bertz CT molecular complexity index is 327. The van der Waals surface area contributed by atoms with E-state index in [0.717, 1.165) is 18.0 Å². The second-order valence-electron chi connectivity index (χ2n) is 3.84. The van der Waals surface area contributed by atoms with Crippen molar-refractivity contribution in [2.45, 2.75) is 20.0 Å². The molecule has 0 heterocycles. The summed E-state index contributed by atoms with van der Waals surface area (Å²) >= 11 is 0. The fraction of sp³-hybridized carbons (Fsp3) is 0.500. The van der Waals surface area contributed by atoms with E-state index in [9.17, 15) is 0 Å². The summed E-state index contributed by atoms with van der Waals surface area (Å²) in [6.45, 7) is 5.46. The van der Waals surface area contributed by atoms with Crippen molar-refractivity contribution in [3.63, 3.8) is 0 Å². The van der Waals surface area contributed by atoms with Crippen LogP contribution in [-0.4, -0.2) is 26.4 Å². The summed E-state index contributed by atoms with van der Waals surface area (Å²) in [6, 6.07) is 5.57. The van der Waals surface area contributed by atoms with Crippen LogP contribution < -0.4 is 15.8 Å². The lowest BCUT2D eigenvalue weighted by Crippen LogP contribution is -2.13. The highest BCUT2D eigenvalue weighted by molar-refractivity contribution is 5.59. The number of hydrogen-bond acceptors (Lipinski definition) is 4. The summed E-state index contributed by atoms with van der Waals surface area (Å²) in [5, 5.41) is 3.23. The van der Waals surface area contributed by atoms with Gasteiger partial charge in [0.25, 0.3) is 0 Å². The first-order chi connectivity index (χ1) is 7.61. The van der Waals surface area contributed by atoms with Gasteiger partial charge in [-0.15, -0.1) is 0 Å². The number of hydrogen-bond donors (Lipinski definition) is 2. The third-order valence-electron chi connectivity index (χ3n) is 2.05. The zero-order valence-corrected chi connectivity index (χ0v) is 10.1. The van der Waals surface area contributed by atoms with Crippen LogP contribution in [0.4, 0.5) is 11.4 Å². The second-order valence-corrected chi connectivity index (χ2v) is 3.84. The predicted molar refractivity (Wildman–Crippen MR) is 67.0 cm³/mol. The summed E-state index contributed by atoms with van der Waals surface area (Å²) in [5.74, 6) is 0.757. The van der Waals surface area contributed by atoms with Gasteiger partial charge in [0.2, 0.25) is 0 Å². The lowest BCUT2D eigenvalue weighted by Gasteiger charge is -2.11. The van der Waals surface area contributed by atoms with Crippen molar-refractivity contribution in [1.29, 1.82) is 0 Å². The van der Waals surface area contributed by atoms with Gasteiger partial charge >= 0.3 is 0 Å². The Kier molecular flexibility index (Phi) is 4.92. The smallest absolute Gasteiger partial charge is 0.122 e. The van der Waals surface area contributed by atoms with Crippen molar-refractivity contribution < 1.29 is 9.47 Å². The molecule has 0 saturated heterocycles. The van der Waals surface area contributed by atoms with E-state index in [1.807, 2.05) is 26.0 Å². The SMILES string of the molecule is COc1cc(N)cc(NCCOC(C)C)c1. The molecule has 0 aliphatic carbocycles. The molecule has 0 atom stereocenters. The Labute approximate surface area is 96.7 Å². The van der Waals surface area contributed by atoms with Crippen LogP contribution in [0.3, 0.4) is 0 Å². The van der Waals surface area contributed by atoms with Gasteiger partial charge in [-0.3, -0.25) is 0 Å². The van der Waals surface area contributed by atoms with E-state index < -0.39 is 0 Å². The van der Waals surface area contributed by atoms with Gasteiger partial charge in [-0.2, -0.15) is 0 Å². The molecule has 1 aromatic rings. The van der Waals surface area contributed by atoms with Crippen LogP contribution in [0.15, 0.2) is 18.2 Å². The van der Waals surface area contributed by atoms with Crippen molar-refractivity contribution in [3.8, 4) is 5.75 Å². The van der Waals surface area contributed by atoms with E-state index in [0.29, 0.717) is 12.3 Å². The van der Waals surface area contributed by atoms with Crippen LogP contribution >= 0.6 is 0 Å². The second kappa shape index (κ2) is 6.23. The maximum absolute atomic E-state index is 5.74. The van der Waals surface area contributed by atoms with Crippen molar-refractivity contribution in [2.24, 2.45) is 0 Å². The normalized spacial score (nSPS) is 10.5. The van der Waals surface area contributed by atoms with Crippen LogP contribution in [0.25, 0.3) is 0 Å². The zero-order chi connectivity index (χ0) is 12.0. The maximum atomic E-state index is 5.74. The molecule has 0 aliphatic rings. The fourth-order valence-electron chi connectivity index (χ4n) is 1.33. The fourth-order valence-corrected chi connectivity index (χ4v) is 1.33. The molecule has 90 valence electrons. The monoisotopic (exact) mass is 224 g/mol. The molecule has 1 aromatic carbocycles. The molecule has 0 fully saturated rings. The zero-order valence-electron chi connectivity index (χ0n) is 10.1. The van der Waals surface area contributed by atoms with Gasteiger partial charge in [-0.25, -0.2) is 0 Å². The van der Waals surface area contributed by atoms with E-state index in [1.54, 1.807) is 13.2 Å². The van der Waals surface area contributed by atoms with Gasteiger partial charge in [-0.05, 0) is 19.9 Å². The minimum Gasteiger partial charge on any atom is -0.497 e. The van der Waals surface area contributed by atoms with Crippen molar-refractivity contribution >= 4 is 11.4 Å². The summed E-state index contributed by atoms with van der Waals surface area (Å²) in [6.07, 6.45) is 0.261. The molecule has 16 heavy (non-hydrogen) atoms. The molecule has 0 aromatic heterocycles. The highest BCUT2D eigenvalue weighted by Gasteiger charge is 1.99. The quantitative estimate of drug-likeness (QED) is 0.574. The van der Waals surface area contributed by atoms with Gasteiger partial charge < -0.3 is 20.5 Å². The number of methoxy groups -OCH3 is 1. The average Bonchev–Trinajstić information content (AvgIpc) is 2.23. The van der Waals surface area contributed by atoms with Crippen LogP contribution in [0, 0.1) is 0 Å². The lowest BCUT2D eigenvalue weighted by molar-refractivity contribution is 0.0870. The third-order valence-corrected chi connectivity index (χ3v) is 2.05. The Balaban J connectivity index is 2.44. The van der Waals surface area contributed by atoms with Gasteiger partial charge in [0.05, 0.1) is 19.8 Å². The molecule has 0 amide bonds. The van der Waals surface area contributed by atoms with Crippen LogP contribution in [0.2, 0.25) is 0 Å². The molecular weight excluding hydrogens is 204 g/mol. The minimum atomic E-state index is 0.261. The highest BCUT2D eigenvalue weighted by atomic mass is 16.5. The third kappa shape index (κ3) is 4.40. The Morgan fingerprint density at radius 1 is 1.31 bits per heavy atom. The summed E-state index contributed by atoms with van der Waals surface area (Å²) in [5.41, 5.74) is 7.37. The Morgan fingerprint density at radius 3 is 2.69 bits per heavy atom. The molecule has 0 spiro atoms. The highest BCUT2D eigenvalue weighted by Crippen LogP contribution is 2.21. The van der Waals surface area contributed by atoms with Gasteiger partial charge in [0, 0.05) is 30.1 Å². The number of nitrogen functional groups attached to an aromatic ring is 1. The molecule has 0 bridgehead atoms. The Hall–Kier alpha value is -1.42. The van der Waals surface area contributed by atoms with E-state index in [2.05, 4.69) is 5.32 Å². The van der Waals surface area contributed by atoms with E-state index in [-0.39, 0.29) is 6.10 Å². The van der Waals surface area contributed by atoms with Crippen molar-refractivity contribution in [2.75, 3.05) is 31.3 Å². The van der Waals surface area contributed by atoms with Crippen molar-refractivity contribution in [3.05, 3.63) is 18.2 Å². The molecule has 0 radical (unpaired) electrons. The largest absolute Gasteiger partial charge is 0.497 e. The first kappa shape index (κ1) is 12.6. The molecule has 0 unspecified atom stereocenters. The van der Waals surface area contributed by atoms with Crippen LogP contribution in [-0.2, 0) is 4.74 Å². The van der Waals surface area contributed by atoms with Gasteiger partial charge in [0.15, 0.2) is 0 Å². The molecule has 0 saturated carbocycles. The summed E-state index contributed by atoms with van der Waals surface area (Å²) < 4.78 is 10.6. The summed E-state index contributed by atoms with van der Waals surface area (Å²) in [7, 11) is 1.63. The number of nitrogens with two attached hydrogens (primary N) is 1. The molecule has 1 rings (SSSR count). The molecule has 4 heteroatoms.